The summed E-state index contributed by atoms with van der Waals surface area (Å²) in [7, 11) is -3.72. The number of benzene rings is 4. The van der Waals surface area contributed by atoms with Crippen molar-refractivity contribution in [3.8, 4) is 11.5 Å². The number of carboxylic acids is 1. The molecule has 1 heterocycles. The fraction of sp³-hybridized carbons (Fsp3) is 0.0714. The Balaban J connectivity index is 0.000000493. The third kappa shape index (κ3) is 8.22. The number of hydrogen-bond acceptors (Lipinski definition) is 5. The minimum Gasteiger partial charge on any atom is -0.475 e. The molecule has 0 amide bonds. The van der Waals surface area contributed by atoms with Gasteiger partial charge in [-0.1, -0.05) is 41.9 Å². The normalized spacial score (nSPS) is 11.4. The summed E-state index contributed by atoms with van der Waals surface area (Å²) in [5, 5.41) is 7.60. The van der Waals surface area contributed by atoms with E-state index in [4.69, 9.17) is 26.2 Å². The van der Waals surface area contributed by atoms with Crippen molar-refractivity contribution in [3.05, 3.63) is 113 Å². The van der Waals surface area contributed by atoms with Crippen LogP contribution in [0.25, 0.3) is 11.0 Å². The molecule has 0 bridgehead atoms. The van der Waals surface area contributed by atoms with Gasteiger partial charge in [0, 0.05) is 11.4 Å². The van der Waals surface area contributed by atoms with E-state index in [2.05, 4.69) is 14.7 Å². The molecule has 0 spiro atoms. The highest BCUT2D eigenvalue weighted by Gasteiger charge is 2.38. The average molecular weight is 604 g/mol. The molecule has 0 saturated carbocycles. The second-order valence-corrected chi connectivity index (χ2v) is 10.6. The van der Waals surface area contributed by atoms with Crippen LogP contribution in [0.5, 0.6) is 11.5 Å². The van der Waals surface area contributed by atoms with Crippen LogP contribution in [-0.2, 0) is 21.2 Å². The Kier molecular flexibility index (Phi) is 8.84. The highest BCUT2D eigenvalue weighted by atomic mass is 35.5. The molecule has 0 unspecified atom stereocenters. The van der Waals surface area contributed by atoms with Gasteiger partial charge in [0.15, 0.2) is 0 Å². The zero-order chi connectivity index (χ0) is 29.6. The number of hydrogen-bond donors (Lipinski definition) is 3. The minimum absolute atomic E-state index is 0.141. The number of anilines is 1. The highest BCUT2D eigenvalue weighted by molar-refractivity contribution is 7.92. The number of sulfonamides is 1. The predicted molar refractivity (Wildman–Crippen MR) is 148 cm³/mol. The van der Waals surface area contributed by atoms with Gasteiger partial charge in [-0.15, -0.1) is 0 Å². The summed E-state index contributed by atoms with van der Waals surface area (Å²) < 4.78 is 65.5. The second kappa shape index (κ2) is 12.3. The van der Waals surface area contributed by atoms with E-state index in [9.17, 15) is 21.6 Å². The van der Waals surface area contributed by atoms with E-state index in [0.717, 1.165) is 33.9 Å². The Morgan fingerprint density at radius 3 is 2.15 bits per heavy atom. The molecule has 0 aliphatic heterocycles. The first-order valence-corrected chi connectivity index (χ1v) is 13.6. The summed E-state index contributed by atoms with van der Waals surface area (Å²) >= 11 is 5.86. The number of ether oxygens (including phenoxy) is 1. The molecule has 0 aliphatic carbocycles. The van der Waals surface area contributed by atoms with Crippen molar-refractivity contribution in [3.63, 3.8) is 0 Å². The predicted octanol–water partition coefficient (Wildman–Crippen LogP) is 7.03. The smallest absolute Gasteiger partial charge is 0.475 e. The number of imidazole rings is 1. The Bertz CT molecular complexity index is 1740. The van der Waals surface area contributed by atoms with Crippen molar-refractivity contribution in [2.45, 2.75) is 17.5 Å². The van der Waals surface area contributed by atoms with Crippen molar-refractivity contribution >= 4 is 44.3 Å². The zero-order valence-electron chi connectivity index (χ0n) is 20.9. The molecular formula is C28H21ClF3N3O5S. The highest BCUT2D eigenvalue weighted by Crippen LogP contribution is 2.24. The molecule has 13 heteroatoms. The van der Waals surface area contributed by atoms with E-state index in [0.29, 0.717) is 17.1 Å². The minimum atomic E-state index is -5.08. The van der Waals surface area contributed by atoms with Crippen molar-refractivity contribution in [2.24, 2.45) is 0 Å². The van der Waals surface area contributed by atoms with E-state index in [-0.39, 0.29) is 4.90 Å². The number of nitrogens with one attached hydrogen (secondary N) is 2. The van der Waals surface area contributed by atoms with Gasteiger partial charge in [-0.2, -0.15) is 13.2 Å². The number of carbonyl (C=O) groups is 1. The van der Waals surface area contributed by atoms with Crippen LogP contribution < -0.4 is 9.46 Å². The SMILES string of the molecule is O=C(O)C(F)(F)F.O=S(=O)(Nc1ccc2nc(Cc3ccc(Oc4ccccc4)cc3)[nH]c2c1)c1ccc(Cl)cc1. The van der Waals surface area contributed by atoms with Crippen LogP contribution in [0.1, 0.15) is 11.4 Å². The van der Waals surface area contributed by atoms with Gasteiger partial charge in [0.2, 0.25) is 0 Å². The Morgan fingerprint density at radius 1 is 0.927 bits per heavy atom. The standard InChI is InChI=1S/C26H20ClN3O3S.C2HF3O2/c27-19-8-13-23(14-9-19)34(31,32)30-20-10-15-24-25(17-20)29-26(28-24)16-18-6-11-22(12-7-18)33-21-4-2-1-3-5-21;3-2(4,5)1(6)7/h1-15,17,30H,16H2,(H,28,29);(H,6,7). The fourth-order valence-electron chi connectivity index (χ4n) is 3.53. The topological polar surface area (TPSA) is 121 Å². The number of aromatic amines is 1. The number of alkyl halides is 3. The summed E-state index contributed by atoms with van der Waals surface area (Å²) in [6.45, 7) is 0. The summed E-state index contributed by atoms with van der Waals surface area (Å²) in [4.78, 5) is 16.9. The summed E-state index contributed by atoms with van der Waals surface area (Å²) in [6.07, 6.45) is -4.48. The van der Waals surface area contributed by atoms with Crippen LogP contribution in [-0.4, -0.2) is 35.6 Å². The Labute approximate surface area is 237 Å². The van der Waals surface area contributed by atoms with E-state index >= 15 is 0 Å². The molecule has 0 atom stereocenters. The maximum atomic E-state index is 12.6. The first kappa shape index (κ1) is 29.4. The number of aliphatic carboxylic acids is 1. The summed E-state index contributed by atoms with van der Waals surface area (Å²) in [5.74, 6) is -0.427. The van der Waals surface area contributed by atoms with Crippen molar-refractivity contribution in [1.29, 1.82) is 0 Å². The van der Waals surface area contributed by atoms with Gasteiger partial charge in [-0.3, -0.25) is 4.72 Å². The van der Waals surface area contributed by atoms with Gasteiger partial charge < -0.3 is 14.8 Å². The van der Waals surface area contributed by atoms with Crippen LogP contribution in [0.4, 0.5) is 18.9 Å². The maximum Gasteiger partial charge on any atom is 0.490 e. The molecule has 1 aromatic heterocycles. The van der Waals surface area contributed by atoms with Gasteiger partial charge in [0.1, 0.15) is 17.3 Å². The van der Waals surface area contributed by atoms with E-state index in [1.165, 1.54) is 12.1 Å². The maximum absolute atomic E-state index is 12.6. The number of rotatable bonds is 7. The lowest BCUT2D eigenvalue weighted by Gasteiger charge is -2.08. The fourth-order valence-corrected chi connectivity index (χ4v) is 4.71. The molecule has 4 aromatic carbocycles. The second-order valence-electron chi connectivity index (χ2n) is 8.51. The lowest BCUT2D eigenvalue weighted by Crippen LogP contribution is -2.21. The van der Waals surface area contributed by atoms with Crippen LogP contribution in [0.3, 0.4) is 0 Å². The van der Waals surface area contributed by atoms with Gasteiger partial charge in [-0.25, -0.2) is 18.2 Å². The molecule has 212 valence electrons. The van der Waals surface area contributed by atoms with Crippen molar-refractivity contribution < 1.29 is 36.2 Å². The number of aromatic nitrogens is 2. The lowest BCUT2D eigenvalue weighted by molar-refractivity contribution is -0.192. The molecular weight excluding hydrogens is 583 g/mol. The van der Waals surface area contributed by atoms with Gasteiger partial charge in [-0.05, 0) is 72.3 Å². The largest absolute Gasteiger partial charge is 0.490 e. The lowest BCUT2D eigenvalue weighted by atomic mass is 10.1. The Hall–Kier alpha value is -4.55. The van der Waals surface area contributed by atoms with Gasteiger partial charge in [0.05, 0.1) is 21.6 Å². The van der Waals surface area contributed by atoms with Crippen molar-refractivity contribution in [1.82, 2.24) is 9.97 Å². The number of para-hydroxylation sites is 1. The van der Waals surface area contributed by atoms with Crippen LogP contribution in [0, 0.1) is 0 Å². The third-order valence-electron chi connectivity index (χ3n) is 5.42. The van der Waals surface area contributed by atoms with Crippen LogP contribution >= 0.6 is 11.6 Å². The number of H-pyrrole nitrogens is 1. The summed E-state index contributed by atoms with van der Waals surface area (Å²) in [6, 6.07) is 28.7. The molecule has 3 N–H and O–H groups in total. The molecule has 0 radical (unpaired) electrons. The van der Waals surface area contributed by atoms with Gasteiger partial charge >= 0.3 is 12.1 Å². The van der Waals surface area contributed by atoms with Crippen LogP contribution in [0.2, 0.25) is 5.02 Å². The number of halogens is 4. The molecule has 8 nitrogen and oxygen atoms in total. The Morgan fingerprint density at radius 2 is 1.54 bits per heavy atom. The number of nitrogens with zero attached hydrogens (tertiary/aromatic N) is 1. The average Bonchev–Trinajstić information content (AvgIpc) is 3.32. The van der Waals surface area contributed by atoms with Crippen molar-refractivity contribution in [2.75, 3.05) is 4.72 Å². The zero-order valence-corrected chi connectivity index (χ0v) is 22.5. The summed E-state index contributed by atoms with van der Waals surface area (Å²) in [5.41, 5.74) is 3.02. The monoisotopic (exact) mass is 603 g/mol. The molecule has 5 aromatic rings. The third-order valence-corrected chi connectivity index (χ3v) is 7.07. The van der Waals surface area contributed by atoms with E-state index in [1.807, 2.05) is 54.6 Å². The first-order valence-electron chi connectivity index (χ1n) is 11.8. The molecule has 5 rings (SSSR count). The number of carboxylic acid groups (broad SMARTS) is 1. The molecule has 41 heavy (non-hydrogen) atoms. The van der Waals surface area contributed by atoms with E-state index < -0.39 is 22.2 Å². The van der Waals surface area contributed by atoms with Gasteiger partial charge in [0.25, 0.3) is 10.0 Å². The molecule has 0 saturated heterocycles. The van der Waals surface area contributed by atoms with E-state index in [1.54, 1.807) is 30.3 Å². The number of fused-ring (bicyclic) bond motifs is 1. The van der Waals surface area contributed by atoms with Crippen LogP contribution in [0.15, 0.2) is 102 Å². The quantitative estimate of drug-likeness (QED) is 0.184. The molecule has 0 aliphatic rings. The first-order chi connectivity index (χ1) is 19.4. The molecule has 0 fully saturated rings.